The molecule has 3 N–H and O–H groups in total. The molecule has 1 fully saturated rings. The van der Waals surface area contributed by atoms with E-state index in [2.05, 4.69) is 40.9 Å². The molecule has 102 valence electrons. The summed E-state index contributed by atoms with van der Waals surface area (Å²) in [6.45, 7) is 6.86. The zero-order valence-corrected chi connectivity index (χ0v) is 12.1. The Morgan fingerprint density at radius 3 is 2.56 bits per heavy atom. The molecule has 0 radical (unpaired) electrons. The molecule has 5 nitrogen and oxygen atoms in total. The van der Waals surface area contributed by atoms with Gasteiger partial charge in [0.15, 0.2) is 0 Å². The molecule has 3 atom stereocenters. The van der Waals surface area contributed by atoms with E-state index in [9.17, 15) is 0 Å². The Morgan fingerprint density at radius 2 is 2.00 bits per heavy atom. The maximum absolute atomic E-state index is 6.21. The Bertz CT molecular complexity index is 423. The van der Waals surface area contributed by atoms with Crippen molar-refractivity contribution >= 4 is 5.95 Å². The van der Waals surface area contributed by atoms with Crippen LogP contribution >= 0.6 is 0 Å². The van der Waals surface area contributed by atoms with Crippen LogP contribution in [-0.2, 0) is 7.05 Å². The predicted octanol–water partition coefficient (Wildman–Crippen LogP) is 1.72. The van der Waals surface area contributed by atoms with Gasteiger partial charge < -0.3 is 15.6 Å². The molecule has 1 aromatic heterocycles. The first kappa shape index (κ1) is 13.3. The summed E-state index contributed by atoms with van der Waals surface area (Å²) in [4.78, 5) is 0. The molecule has 0 spiro atoms. The first-order chi connectivity index (χ1) is 8.39. The normalized spacial score (nSPS) is 31.3. The van der Waals surface area contributed by atoms with E-state index in [0.717, 1.165) is 24.6 Å². The lowest BCUT2D eigenvalue weighted by Crippen LogP contribution is -2.46. The molecule has 0 amide bonds. The number of rotatable bonds is 2. The lowest BCUT2D eigenvalue weighted by molar-refractivity contribution is 0.0932. The molecule has 1 aromatic rings. The van der Waals surface area contributed by atoms with Crippen molar-refractivity contribution in [2.24, 2.45) is 24.1 Å². The van der Waals surface area contributed by atoms with Crippen molar-refractivity contribution < 1.29 is 0 Å². The predicted molar refractivity (Wildman–Crippen MR) is 73.4 cm³/mol. The molecule has 1 heterocycles. The van der Waals surface area contributed by atoms with Gasteiger partial charge in [0.25, 0.3) is 0 Å². The summed E-state index contributed by atoms with van der Waals surface area (Å²) in [5, 5.41) is 11.6. The molecule has 3 unspecified atom stereocenters. The van der Waals surface area contributed by atoms with Crippen molar-refractivity contribution in [1.29, 1.82) is 0 Å². The smallest absolute Gasteiger partial charge is 0.224 e. The molecule has 0 aliphatic heterocycles. The minimum absolute atomic E-state index is 0.156. The zero-order valence-electron chi connectivity index (χ0n) is 12.1. The van der Waals surface area contributed by atoms with Crippen LogP contribution < -0.4 is 11.1 Å². The molecule has 5 heteroatoms. The third kappa shape index (κ3) is 1.90. The fraction of sp³-hybridized carbons (Fsp3) is 0.846. The number of hydrogen-bond donors (Lipinski definition) is 2. The molecule has 0 saturated heterocycles. The highest BCUT2D eigenvalue weighted by Gasteiger charge is 2.44. The van der Waals surface area contributed by atoms with E-state index in [1.54, 1.807) is 0 Å². The summed E-state index contributed by atoms with van der Waals surface area (Å²) in [5.41, 5.74) is 6.36. The minimum atomic E-state index is 0.156. The molecular formula is C13H25N5. The lowest BCUT2D eigenvalue weighted by Gasteiger charge is -2.46. The van der Waals surface area contributed by atoms with Crippen molar-refractivity contribution in [3.05, 3.63) is 5.82 Å². The number of nitrogens with two attached hydrogens (primary N) is 1. The highest BCUT2D eigenvalue weighted by molar-refractivity contribution is 5.26. The van der Waals surface area contributed by atoms with Crippen molar-refractivity contribution in [1.82, 2.24) is 14.8 Å². The lowest BCUT2D eigenvalue weighted by atomic mass is 9.61. The number of nitrogens with one attached hydrogen (secondary N) is 1. The molecular weight excluding hydrogens is 226 g/mol. The molecule has 1 saturated carbocycles. The Balaban J connectivity index is 2.35. The van der Waals surface area contributed by atoms with Crippen LogP contribution in [-0.4, -0.2) is 27.9 Å². The van der Waals surface area contributed by atoms with Gasteiger partial charge in [-0.05, 0) is 24.2 Å². The van der Waals surface area contributed by atoms with Crippen molar-refractivity contribution in [3.63, 3.8) is 0 Å². The van der Waals surface area contributed by atoms with Gasteiger partial charge in [-0.1, -0.05) is 20.8 Å². The number of aromatic nitrogens is 3. The third-order valence-corrected chi connectivity index (χ3v) is 4.95. The number of nitrogens with zero attached hydrogens (tertiary/aromatic N) is 3. The second kappa shape index (κ2) is 4.53. The van der Waals surface area contributed by atoms with Crippen LogP contribution in [0.4, 0.5) is 5.95 Å². The second-order valence-electron chi connectivity index (χ2n) is 6.09. The van der Waals surface area contributed by atoms with Crippen molar-refractivity contribution in [2.45, 2.75) is 45.6 Å². The Morgan fingerprint density at radius 1 is 1.33 bits per heavy atom. The fourth-order valence-electron chi connectivity index (χ4n) is 3.17. The van der Waals surface area contributed by atoms with Crippen LogP contribution in [0, 0.1) is 11.3 Å². The standard InChI is InChI=1S/C13H25N5/c1-8-10(14)7-6-9(13(8,2)3)11-16-17-12(15-4)18(11)5/h8-10H,6-7,14H2,1-5H3,(H,15,17). The van der Waals surface area contributed by atoms with E-state index in [1.807, 2.05) is 14.1 Å². The van der Waals surface area contributed by atoms with E-state index in [1.165, 1.54) is 0 Å². The summed E-state index contributed by atoms with van der Waals surface area (Å²) in [6.07, 6.45) is 2.16. The molecule has 18 heavy (non-hydrogen) atoms. The summed E-state index contributed by atoms with van der Waals surface area (Å²) >= 11 is 0. The van der Waals surface area contributed by atoms with Crippen molar-refractivity contribution in [2.75, 3.05) is 12.4 Å². The summed E-state index contributed by atoms with van der Waals surface area (Å²) in [7, 11) is 3.90. The highest BCUT2D eigenvalue weighted by Crippen LogP contribution is 2.49. The van der Waals surface area contributed by atoms with Gasteiger partial charge in [-0.25, -0.2) is 0 Å². The second-order valence-corrected chi connectivity index (χ2v) is 6.09. The van der Waals surface area contributed by atoms with Gasteiger partial charge >= 0.3 is 0 Å². The Kier molecular flexibility index (Phi) is 3.36. The number of anilines is 1. The van der Waals surface area contributed by atoms with Crippen LogP contribution in [0.2, 0.25) is 0 Å². The van der Waals surface area contributed by atoms with E-state index in [0.29, 0.717) is 17.9 Å². The van der Waals surface area contributed by atoms with E-state index >= 15 is 0 Å². The molecule has 1 aliphatic carbocycles. The fourth-order valence-corrected chi connectivity index (χ4v) is 3.17. The van der Waals surface area contributed by atoms with Gasteiger partial charge in [-0.2, -0.15) is 0 Å². The monoisotopic (exact) mass is 251 g/mol. The molecule has 1 aliphatic rings. The highest BCUT2D eigenvalue weighted by atomic mass is 15.3. The van der Waals surface area contributed by atoms with E-state index in [-0.39, 0.29) is 5.41 Å². The van der Waals surface area contributed by atoms with Crippen LogP contribution in [0.25, 0.3) is 0 Å². The topological polar surface area (TPSA) is 68.8 Å². The molecule has 0 bridgehead atoms. The third-order valence-electron chi connectivity index (χ3n) is 4.95. The first-order valence-corrected chi connectivity index (χ1v) is 6.72. The maximum Gasteiger partial charge on any atom is 0.224 e. The van der Waals surface area contributed by atoms with Crippen LogP contribution in [0.1, 0.15) is 45.4 Å². The van der Waals surface area contributed by atoms with Gasteiger partial charge in [-0.15, -0.1) is 10.2 Å². The first-order valence-electron chi connectivity index (χ1n) is 6.72. The van der Waals surface area contributed by atoms with Crippen LogP contribution in [0.5, 0.6) is 0 Å². The van der Waals surface area contributed by atoms with Crippen molar-refractivity contribution in [3.8, 4) is 0 Å². The summed E-state index contributed by atoms with van der Waals surface area (Å²) < 4.78 is 2.07. The minimum Gasteiger partial charge on any atom is -0.357 e. The van der Waals surface area contributed by atoms with Gasteiger partial charge in [0.1, 0.15) is 5.82 Å². The van der Waals surface area contributed by atoms with Gasteiger partial charge in [0.2, 0.25) is 5.95 Å². The number of hydrogen-bond acceptors (Lipinski definition) is 4. The largest absolute Gasteiger partial charge is 0.357 e. The average molecular weight is 251 g/mol. The quantitative estimate of drug-likeness (QED) is 0.840. The maximum atomic E-state index is 6.21. The van der Waals surface area contributed by atoms with Gasteiger partial charge in [-0.3, -0.25) is 0 Å². The van der Waals surface area contributed by atoms with Crippen LogP contribution in [0.15, 0.2) is 0 Å². The van der Waals surface area contributed by atoms with Gasteiger partial charge in [0, 0.05) is 26.1 Å². The van der Waals surface area contributed by atoms with E-state index in [4.69, 9.17) is 5.73 Å². The summed E-state index contributed by atoms with van der Waals surface area (Å²) in [6, 6.07) is 0.299. The molecule has 2 rings (SSSR count). The Labute approximate surface area is 109 Å². The Hall–Kier alpha value is -1.10. The SMILES string of the molecule is CNc1nnc(C2CCC(N)C(C)C2(C)C)n1C. The zero-order chi connectivity index (χ0) is 13.5. The molecule has 0 aromatic carbocycles. The van der Waals surface area contributed by atoms with Gasteiger partial charge in [0.05, 0.1) is 0 Å². The average Bonchev–Trinajstić information content (AvgIpc) is 2.68. The van der Waals surface area contributed by atoms with E-state index < -0.39 is 0 Å². The summed E-state index contributed by atoms with van der Waals surface area (Å²) in [5.74, 6) is 2.81. The van der Waals surface area contributed by atoms with Crippen LogP contribution in [0.3, 0.4) is 0 Å².